The monoisotopic (exact) mass is 188 g/mol. The van der Waals surface area contributed by atoms with Gasteiger partial charge in [0.2, 0.25) is 0 Å². The van der Waals surface area contributed by atoms with Crippen LogP contribution in [0.3, 0.4) is 0 Å². The fraction of sp³-hybridized carbons (Fsp3) is 0.778. The van der Waals surface area contributed by atoms with E-state index in [0.29, 0.717) is 0 Å². The molecule has 0 saturated carbocycles. The van der Waals surface area contributed by atoms with Crippen molar-refractivity contribution in [2.24, 2.45) is 0 Å². The van der Waals surface area contributed by atoms with E-state index in [2.05, 4.69) is 42.6 Å². The van der Waals surface area contributed by atoms with Crippen LogP contribution in [-0.4, -0.2) is 16.1 Å². The first-order valence-corrected chi connectivity index (χ1v) is 6.37. The zero-order valence-corrected chi connectivity index (χ0v) is 8.72. The minimum Gasteiger partial charge on any atom is -0.148 e. The van der Waals surface area contributed by atoms with E-state index in [0.717, 1.165) is 4.58 Å². The SMILES string of the molecule is C/C=C/CCC1SCCCS1. The lowest BCUT2D eigenvalue weighted by atomic mass is 10.3. The van der Waals surface area contributed by atoms with E-state index in [1.807, 2.05) is 0 Å². The van der Waals surface area contributed by atoms with Gasteiger partial charge < -0.3 is 0 Å². The Kier molecular flexibility index (Phi) is 5.21. The van der Waals surface area contributed by atoms with Gasteiger partial charge in [-0.3, -0.25) is 0 Å². The maximum Gasteiger partial charge on any atom is 0.0505 e. The van der Waals surface area contributed by atoms with Crippen molar-refractivity contribution < 1.29 is 0 Å². The highest BCUT2D eigenvalue weighted by atomic mass is 32.2. The average molecular weight is 188 g/mol. The smallest absolute Gasteiger partial charge is 0.0505 e. The normalized spacial score (nSPS) is 21.2. The molecule has 0 N–H and O–H groups in total. The maximum atomic E-state index is 2.27. The minimum absolute atomic E-state index is 0.889. The molecule has 1 fully saturated rings. The summed E-state index contributed by atoms with van der Waals surface area (Å²) in [6.45, 7) is 2.10. The summed E-state index contributed by atoms with van der Waals surface area (Å²) in [7, 11) is 0. The van der Waals surface area contributed by atoms with Crippen molar-refractivity contribution in [3.05, 3.63) is 12.2 Å². The van der Waals surface area contributed by atoms with Crippen LogP contribution in [0.5, 0.6) is 0 Å². The van der Waals surface area contributed by atoms with Crippen molar-refractivity contribution in [1.82, 2.24) is 0 Å². The third-order valence-corrected chi connectivity index (χ3v) is 4.78. The third-order valence-electron chi connectivity index (χ3n) is 1.70. The van der Waals surface area contributed by atoms with Gasteiger partial charge in [-0.1, -0.05) is 12.2 Å². The summed E-state index contributed by atoms with van der Waals surface area (Å²) in [6.07, 6.45) is 8.46. The molecule has 0 atom stereocenters. The van der Waals surface area contributed by atoms with Gasteiger partial charge in [0.1, 0.15) is 0 Å². The molecule has 1 heterocycles. The number of hydrogen-bond donors (Lipinski definition) is 0. The molecule has 0 nitrogen and oxygen atoms in total. The first-order valence-electron chi connectivity index (χ1n) is 4.28. The first kappa shape index (κ1) is 9.53. The second-order valence-corrected chi connectivity index (χ2v) is 5.59. The molecule has 0 aromatic heterocycles. The Hall–Kier alpha value is 0.440. The van der Waals surface area contributed by atoms with E-state index in [-0.39, 0.29) is 0 Å². The minimum atomic E-state index is 0.889. The van der Waals surface area contributed by atoms with E-state index < -0.39 is 0 Å². The molecule has 1 rings (SSSR count). The predicted molar refractivity (Wildman–Crippen MR) is 57.4 cm³/mol. The van der Waals surface area contributed by atoms with Gasteiger partial charge in [0.05, 0.1) is 4.58 Å². The van der Waals surface area contributed by atoms with Gasteiger partial charge in [0.25, 0.3) is 0 Å². The third kappa shape index (κ3) is 4.12. The van der Waals surface area contributed by atoms with Gasteiger partial charge >= 0.3 is 0 Å². The van der Waals surface area contributed by atoms with Crippen LogP contribution in [0.25, 0.3) is 0 Å². The zero-order chi connectivity index (χ0) is 7.94. The van der Waals surface area contributed by atoms with Gasteiger partial charge in [-0.25, -0.2) is 0 Å². The Morgan fingerprint density at radius 1 is 1.36 bits per heavy atom. The average Bonchev–Trinajstić information content (AvgIpc) is 2.07. The van der Waals surface area contributed by atoms with Crippen molar-refractivity contribution in [2.45, 2.75) is 30.8 Å². The molecule has 0 aromatic carbocycles. The largest absolute Gasteiger partial charge is 0.148 e. The summed E-state index contributed by atoms with van der Waals surface area (Å²) in [5.41, 5.74) is 0. The Morgan fingerprint density at radius 3 is 2.73 bits per heavy atom. The molecule has 0 aromatic rings. The van der Waals surface area contributed by atoms with Crippen LogP contribution in [0.15, 0.2) is 12.2 Å². The molecule has 1 aliphatic rings. The van der Waals surface area contributed by atoms with Gasteiger partial charge in [-0.15, -0.1) is 23.5 Å². The molecule has 11 heavy (non-hydrogen) atoms. The zero-order valence-electron chi connectivity index (χ0n) is 7.08. The van der Waals surface area contributed by atoms with Crippen LogP contribution in [0, 0.1) is 0 Å². The lowest BCUT2D eigenvalue weighted by Crippen LogP contribution is -2.05. The highest BCUT2D eigenvalue weighted by molar-refractivity contribution is 8.17. The fourth-order valence-corrected chi connectivity index (χ4v) is 4.00. The summed E-state index contributed by atoms with van der Waals surface area (Å²) < 4.78 is 0.889. The molecular formula is C9H16S2. The standard InChI is InChI=1S/C9H16S2/c1-2-3-4-6-9-10-7-5-8-11-9/h2-3,9H,4-8H2,1H3/b3-2+. The van der Waals surface area contributed by atoms with Crippen LogP contribution in [0.4, 0.5) is 0 Å². The second-order valence-electron chi connectivity index (χ2n) is 2.67. The van der Waals surface area contributed by atoms with Crippen LogP contribution >= 0.6 is 23.5 Å². The molecule has 0 bridgehead atoms. The molecule has 0 spiro atoms. The molecule has 1 saturated heterocycles. The first-order chi connectivity index (χ1) is 5.43. The lowest BCUT2D eigenvalue weighted by Gasteiger charge is -2.19. The van der Waals surface area contributed by atoms with Crippen LogP contribution < -0.4 is 0 Å². The van der Waals surface area contributed by atoms with Gasteiger partial charge in [0, 0.05) is 0 Å². The summed E-state index contributed by atoms with van der Waals surface area (Å²) in [5.74, 6) is 2.76. The Balaban J connectivity index is 2.04. The summed E-state index contributed by atoms with van der Waals surface area (Å²) in [6, 6.07) is 0. The van der Waals surface area contributed by atoms with Crippen LogP contribution in [0.1, 0.15) is 26.2 Å². The fourth-order valence-electron chi connectivity index (χ4n) is 1.10. The molecule has 1 aliphatic heterocycles. The van der Waals surface area contributed by atoms with Crippen molar-refractivity contribution in [3.8, 4) is 0 Å². The van der Waals surface area contributed by atoms with Crippen LogP contribution in [0.2, 0.25) is 0 Å². The molecule has 2 heteroatoms. The van der Waals surface area contributed by atoms with Crippen molar-refractivity contribution in [3.63, 3.8) is 0 Å². The van der Waals surface area contributed by atoms with Crippen molar-refractivity contribution in [2.75, 3.05) is 11.5 Å². The molecule has 0 amide bonds. The maximum absolute atomic E-state index is 2.27. The van der Waals surface area contributed by atoms with E-state index in [1.54, 1.807) is 0 Å². The number of thioether (sulfide) groups is 2. The highest BCUT2D eigenvalue weighted by Crippen LogP contribution is 2.33. The molecular weight excluding hydrogens is 172 g/mol. The van der Waals surface area contributed by atoms with E-state index >= 15 is 0 Å². The van der Waals surface area contributed by atoms with E-state index in [4.69, 9.17) is 0 Å². The second kappa shape index (κ2) is 6.01. The van der Waals surface area contributed by atoms with Crippen LogP contribution in [-0.2, 0) is 0 Å². The summed E-state index contributed by atoms with van der Waals surface area (Å²) >= 11 is 4.29. The summed E-state index contributed by atoms with van der Waals surface area (Å²) in [5, 5.41) is 0. The van der Waals surface area contributed by atoms with Gasteiger partial charge in [-0.2, -0.15) is 0 Å². The van der Waals surface area contributed by atoms with E-state index in [9.17, 15) is 0 Å². The highest BCUT2D eigenvalue weighted by Gasteiger charge is 2.12. The van der Waals surface area contributed by atoms with Crippen molar-refractivity contribution >= 4 is 23.5 Å². The van der Waals surface area contributed by atoms with E-state index in [1.165, 1.54) is 30.8 Å². The van der Waals surface area contributed by atoms with Gasteiger partial charge in [-0.05, 0) is 37.7 Å². The molecule has 64 valence electrons. The number of hydrogen-bond acceptors (Lipinski definition) is 2. The molecule has 0 unspecified atom stereocenters. The quantitative estimate of drug-likeness (QED) is 0.621. The Morgan fingerprint density at radius 2 is 2.09 bits per heavy atom. The van der Waals surface area contributed by atoms with Crippen molar-refractivity contribution in [1.29, 1.82) is 0 Å². The Bertz CT molecular complexity index is 115. The molecule has 0 radical (unpaired) electrons. The number of rotatable bonds is 3. The lowest BCUT2D eigenvalue weighted by molar-refractivity contribution is 0.923. The molecule has 0 aliphatic carbocycles. The number of allylic oxidation sites excluding steroid dienone is 2. The summed E-state index contributed by atoms with van der Waals surface area (Å²) in [4.78, 5) is 0. The predicted octanol–water partition coefficient (Wildman–Crippen LogP) is 3.54. The topological polar surface area (TPSA) is 0 Å². The Labute approximate surface area is 78.2 Å². The van der Waals surface area contributed by atoms with Gasteiger partial charge in [0.15, 0.2) is 0 Å².